The maximum absolute atomic E-state index is 13.4. The Bertz CT molecular complexity index is 2200. The molecule has 1 saturated carbocycles. The molecular formula is C47H53ClN6O3S. The fraction of sp³-hybridized carbons (Fsp3) is 0.447. The van der Waals surface area contributed by atoms with Crippen LogP contribution in [0.5, 0.6) is 5.75 Å². The molecule has 0 radical (unpaired) electrons. The summed E-state index contributed by atoms with van der Waals surface area (Å²) in [6, 6.07) is 23.0. The van der Waals surface area contributed by atoms with Crippen LogP contribution in [0.4, 0.5) is 0 Å². The molecule has 3 fully saturated rings. The zero-order chi connectivity index (χ0) is 41.2. The zero-order valence-corrected chi connectivity index (χ0v) is 35.6. The first-order chi connectivity index (χ1) is 27.7. The predicted molar refractivity (Wildman–Crippen MR) is 230 cm³/mol. The lowest BCUT2D eigenvalue weighted by Crippen LogP contribution is -2.74. The lowest BCUT2D eigenvalue weighted by Gasteiger charge is -2.63. The first kappa shape index (κ1) is 41.4. The van der Waals surface area contributed by atoms with Crippen molar-refractivity contribution in [3.05, 3.63) is 105 Å². The van der Waals surface area contributed by atoms with Crippen LogP contribution in [0.2, 0.25) is 5.02 Å². The number of aryl methyl sites for hydroxylation is 1. The van der Waals surface area contributed by atoms with E-state index in [2.05, 4.69) is 72.9 Å². The Labute approximate surface area is 351 Å². The van der Waals surface area contributed by atoms with Crippen LogP contribution in [-0.4, -0.2) is 71.0 Å². The highest BCUT2D eigenvalue weighted by molar-refractivity contribution is 7.13. The van der Waals surface area contributed by atoms with Crippen LogP contribution in [0.3, 0.4) is 0 Å². The number of hydrogen-bond acceptors (Lipinski definition) is 8. The molecule has 0 spiro atoms. The number of amides is 2. The molecule has 58 heavy (non-hydrogen) atoms. The Hall–Kier alpha value is -4.71. The summed E-state index contributed by atoms with van der Waals surface area (Å²) in [6.07, 6.45) is 4.16. The third-order valence-electron chi connectivity index (χ3n) is 12.6. The predicted octanol–water partition coefficient (Wildman–Crippen LogP) is 8.40. The quantitative estimate of drug-likeness (QED) is 0.163. The van der Waals surface area contributed by atoms with E-state index in [-0.39, 0.29) is 40.8 Å². The molecule has 3 aromatic carbocycles. The van der Waals surface area contributed by atoms with Gasteiger partial charge in [-0.1, -0.05) is 75.4 Å². The summed E-state index contributed by atoms with van der Waals surface area (Å²) in [5.74, 6) is 7.81. The van der Waals surface area contributed by atoms with E-state index in [0.717, 1.165) is 79.1 Å². The Kier molecular flexibility index (Phi) is 12.3. The number of nitriles is 1. The number of ether oxygens (including phenoxy) is 1. The number of nitrogens with one attached hydrogen (secondary N) is 1. The number of thiazole rings is 1. The van der Waals surface area contributed by atoms with Crippen molar-refractivity contribution in [2.24, 2.45) is 22.5 Å². The maximum atomic E-state index is 13.4. The number of nitrogens with zero attached hydrogens (tertiary/aromatic N) is 4. The van der Waals surface area contributed by atoms with E-state index in [4.69, 9.17) is 22.1 Å². The number of rotatable bonds is 9. The summed E-state index contributed by atoms with van der Waals surface area (Å²) < 4.78 is 6.37. The molecule has 7 rings (SSSR count). The lowest BCUT2D eigenvalue weighted by atomic mass is 9.49. The monoisotopic (exact) mass is 816 g/mol. The Balaban J connectivity index is 0.834. The van der Waals surface area contributed by atoms with Crippen molar-refractivity contribution in [3.63, 3.8) is 0 Å². The van der Waals surface area contributed by atoms with E-state index >= 15 is 0 Å². The topological polar surface area (TPSA) is 125 Å². The van der Waals surface area contributed by atoms with Gasteiger partial charge in [0.25, 0.3) is 5.91 Å². The number of halogens is 1. The van der Waals surface area contributed by atoms with Gasteiger partial charge in [-0.15, -0.1) is 11.3 Å². The Morgan fingerprint density at radius 2 is 1.66 bits per heavy atom. The molecule has 9 nitrogen and oxygen atoms in total. The largest absolute Gasteiger partial charge is 0.489 e. The molecule has 2 saturated heterocycles. The van der Waals surface area contributed by atoms with Crippen LogP contribution in [0, 0.1) is 46.8 Å². The fourth-order valence-corrected chi connectivity index (χ4v) is 10.5. The van der Waals surface area contributed by atoms with Crippen molar-refractivity contribution >= 4 is 34.8 Å². The van der Waals surface area contributed by atoms with Crippen LogP contribution >= 0.6 is 22.9 Å². The number of likely N-dealkylation sites (tertiary alicyclic amines) is 2. The zero-order valence-electron chi connectivity index (χ0n) is 34.1. The molecular weight excluding hydrogens is 764 g/mol. The molecule has 3 N–H and O–H groups in total. The molecule has 0 bridgehead atoms. The van der Waals surface area contributed by atoms with Crippen molar-refractivity contribution in [1.29, 1.82) is 5.26 Å². The highest BCUT2D eigenvalue weighted by atomic mass is 35.5. The Morgan fingerprint density at radius 3 is 2.26 bits per heavy atom. The van der Waals surface area contributed by atoms with E-state index in [9.17, 15) is 14.9 Å². The number of carbonyl (C=O) groups excluding carboxylic acids is 2. The SMILES string of the molecule is Cc1ncsc1-c1ccc([C@@H](N)CC(=O)N2CCC(N3CCC(C#Cc4ccc(C(=O)N[C@H]5C(C)(C)[C@H](Oc6ccc(C#N)c(Cl)c6)C5(C)C)cc4)CC3)CC2)cc1. The second-order valence-corrected chi connectivity index (χ2v) is 18.5. The number of hydrogen-bond donors (Lipinski definition) is 2. The normalized spacial score (nSPS) is 21.2. The molecule has 4 aromatic rings. The standard InChI is InChI=1S/C47H53ClN6O3S/c1-30-42(58-29-51-30)34-14-12-33(13-15-34)40(50)27-41(55)54-24-20-37(21-25-54)53-22-18-32(19-23-53)7-6-31-8-10-35(11-9-31)43(56)52-44-46(2,3)45(47(44,4)5)57-38-17-16-36(28-49)39(48)26-38/h8-17,26,29,32,37,40,44-45H,18-25,27,50H2,1-5H3,(H,52,56)/t40-,44-,45-/m0/s1. The molecule has 1 aliphatic carbocycles. The summed E-state index contributed by atoms with van der Waals surface area (Å²) in [5.41, 5.74) is 12.7. The van der Waals surface area contributed by atoms with Gasteiger partial charge in [-0.3, -0.25) is 9.59 Å². The summed E-state index contributed by atoms with van der Waals surface area (Å²) in [5, 5.41) is 12.8. The highest BCUT2D eigenvalue weighted by Gasteiger charge is 2.64. The van der Waals surface area contributed by atoms with Crippen molar-refractivity contribution in [1.82, 2.24) is 20.1 Å². The third-order valence-corrected chi connectivity index (χ3v) is 13.9. The van der Waals surface area contributed by atoms with Crippen molar-refractivity contribution < 1.29 is 14.3 Å². The van der Waals surface area contributed by atoms with Crippen LogP contribution < -0.4 is 15.8 Å². The van der Waals surface area contributed by atoms with Crippen LogP contribution in [0.15, 0.2) is 72.2 Å². The van der Waals surface area contributed by atoms with Gasteiger partial charge in [0.2, 0.25) is 5.91 Å². The number of benzene rings is 3. The van der Waals surface area contributed by atoms with Gasteiger partial charge in [0, 0.05) is 71.6 Å². The number of aromatic nitrogens is 1. The highest BCUT2D eigenvalue weighted by Crippen LogP contribution is 2.55. The first-order valence-corrected chi connectivity index (χ1v) is 21.6. The van der Waals surface area contributed by atoms with Gasteiger partial charge in [0.15, 0.2) is 0 Å². The van der Waals surface area contributed by atoms with Gasteiger partial charge in [0.05, 0.1) is 26.7 Å². The van der Waals surface area contributed by atoms with Gasteiger partial charge in [-0.2, -0.15) is 5.26 Å². The van der Waals surface area contributed by atoms with Crippen LogP contribution in [0.25, 0.3) is 10.4 Å². The lowest BCUT2D eigenvalue weighted by molar-refractivity contribution is -0.164. The smallest absolute Gasteiger partial charge is 0.251 e. The molecule has 2 aliphatic heterocycles. The Morgan fingerprint density at radius 1 is 0.983 bits per heavy atom. The van der Waals surface area contributed by atoms with Gasteiger partial charge < -0.3 is 25.6 Å². The minimum atomic E-state index is -0.345. The maximum Gasteiger partial charge on any atom is 0.251 e. The van der Waals surface area contributed by atoms with Gasteiger partial charge in [0.1, 0.15) is 17.9 Å². The summed E-state index contributed by atoms with van der Waals surface area (Å²) in [7, 11) is 0. The molecule has 2 amide bonds. The second kappa shape index (κ2) is 17.3. The van der Waals surface area contributed by atoms with Crippen LogP contribution in [0.1, 0.15) is 98.6 Å². The average Bonchev–Trinajstić information content (AvgIpc) is 3.66. The van der Waals surface area contributed by atoms with E-state index in [1.165, 1.54) is 0 Å². The molecule has 3 aliphatic rings. The van der Waals surface area contributed by atoms with Gasteiger partial charge >= 0.3 is 0 Å². The van der Waals surface area contributed by atoms with E-state index in [1.54, 1.807) is 29.5 Å². The van der Waals surface area contributed by atoms with Gasteiger partial charge in [-0.05, 0) is 93.2 Å². The second-order valence-electron chi connectivity index (χ2n) is 17.3. The van der Waals surface area contributed by atoms with Crippen molar-refractivity contribution in [2.45, 2.75) is 91.0 Å². The average molecular weight is 817 g/mol. The summed E-state index contributed by atoms with van der Waals surface area (Å²) >= 11 is 7.88. The van der Waals surface area contributed by atoms with Crippen molar-refractivity contribution in [2.75, 3.05) is 26.2 Å². The summed E-state index contributed by atoms with van der Waals surface area (Å²) in [6.45, 7) is 14.0. The van der Waals surface area contributed by atoms with Gasteiger partial charge in [-0.25, -0.2) is 4.98 Å². The van der Waals surface area contributed by atoms with E-state index < -0.39 is 0 Å². The van der Waals surface area contributed by atoms with Crippen molar-refractivity contribution in [3.8, 4) is 34.1 Å². The molecule has 1 atom stereocenters. The van der Waals surface area contributed by atoms with Crippen LogP contribution in [-0.2, 0) is 4.79 Å². The molecule has 1 aromatic heterocycles. The minimum Gasteiger partial charge on any atom is -0.489 e. The molecule has 11 heteroatoms. The minimum absolute atomic E-state index is 0.121. The van der Waals surface area contributed by atoms with E-state index in [0.29, 0.717) is 40.3 Å². The molecule has 3 heterocycles. The molecule has 302 valence electrons. The number of nitrogens with two attached hydrogens (primary N) is 1. The van der Waals surface area contributed by atoms with E-state index in [1.807, 2.05) is 53.7 Å². The number of piperidine rings is 2. The third kappa shape index (κ3) is 8.82. The summed E-state index contributed by atoms with van der Waals surface area (Å²) in [4.78, 5) is 36.7. The number of carbonyl (C=O) groups is 2. The first-order valence-electron chi connectivity index (χ1n) is 20.3. The molecule has 0 unspecified atom stereocenters. The fourth-order valence-electron chi connectivity index (χ4n) is 9.49.